The molecule has 1 atom stereocenters. The second-order valence-corrected chi connectivity index (χ2v) is 6.82. The molecule has 0 spiro atoms. The topological polar surface area (TPSA) is 91.5 Å². The van der Waals surface area contributed by atoms with E-state index in [1.54, 1.807) is 7.11 Å². The maximum atomic E-state index is 5.88. The monoisotopic (exact) mass is 382 g/mol. The lowest BCUT2D eigenvalue weighted by Gasteiger charge is -2.23. The molecule has 1 unspecified atom stereocenters. The highest BCUT2D eigenvalue weighted by molar-refractivity contribution is 7.22. The highest BCUT2D eigenvalue weighted by Crippen LogP contribution is 2.36. The number of para-hydroxylation sites is 2. The van der Waals surface area contributed by atoms with E-state index < -0.39 is 6.10 Å². The first-order valence-corrected chi connectivity index (χ1v) is 9.03. The molecule has 0 bridgehead atoms. The standard InChI is InChI=1S/C18H14N4O4S/c1-23-10-6-7-15-11(8-10)19-18(27-15)20-17-22-21-16(26-17)14-9-24-12-4-2-3-5-13(12)25-14/h2-8,14H,9H2,1H3,(H,19,20,22). The molecule has 8 nitrogen and oxygen atoms in total. The minimum Gasteiger partial charge on any atom is -0.497 e. The zero-order chi connectivity index (χ0) is 18.2. The molecule has 1 aliphatic rings. The number of aromatic nitrogens is 3. The van der Waals surface area contributed by atoms with Crippen LogP contribution in [0.25, 0.3) is 10.2 Å². The number of ether oxygens (including phenoxy) is 3. The molecule has 1 N–H and O–H groups in total. The molecule has 136 valence electrons. The molecule has 27 heavy (non-hydrogen) atoms. The molecule has 1 aliphatic heterocycles. The molecule has 0 aliphatic carbocycles. The average Bonchev–Trinajstić information content (AvgIpc) is 3.33. The molecule has 0 radical (unpaired) electrons. The van der Waals surface area contributed by atoms with E-state index in [9.17, 15) is 0 Å². The van der Waals surface area contributed by atoms with Gasteiger partial charge in [0.25, 0.3) is 5.89 Å². The third-order valence-corrected chi connectivity index (χ3v) is 4.99. The molecule has 2 aromatic heterocycles. The summed E-state index contributed by atoms with van der Waals surface area (Å²) >= 11 is 1.49. The van der Waals surface area contributed by atoms with E-state index in [1.165, 1.54) is 11.3 Å². The van der Waals surface area contributed by atoms with E-state index in [1.807, 2.05) is 42.5 Å². The number of benzene rings is 2. The number of thiazole rings is 1. The Labute approximate surface area is 157 Å². The zero-order valence-corrected chi connectivity index (χ0v) is 15.0. The quantitative estimate of drug-likeness (QED) is 0.567. The van der Waals surface area contributed by atoms with E-state index in [0.29, 0.717) is 29.1 Å². The lowest BCUT2D eigenvalue weighted by Crippen LogP contribution is -2.21. The van der Waals surface area contributed by atoms with Crippen molar-refractivity contribution >= 4 is 32.7 Å². The molecule has 3 heterocycles. The van der Waals surface area contributed by atoms with Gasteiger partial charge in [0, 0.05) is 6.07 Å². The summed E-state index contributed by atoms with van der Waals surface area (Å²) < 4.78 is 23.5. The largest absolute Gasteiger partial charge is 0.497 e. The molecule has 0 saturated carbocycles. The van der Waals surface area contributed by atoms with Crippen molar-refractivity contribution in [1.82, 2.24) is 15.2 Å². The van der Waals surface area contributed by atoms with Crippen LogP contribution in [0.15, 0.2) is 46.9 Å². The first-order valence-electron chi connectivity index (χ1n) is 8.22. The number of fused-ring (bicyclic) bond motifs is 2. The van der Waals surface area contributed by atoms with Crippen molar-refractivity contribution in [3.8, 4) is 17.2 Å². The molecule has 0 saturated heterocycles. The predicted molar refractivity (Wildman–Crippen MR) is 99.1 cm³/mol. The van der Waals surface area contributed by atoms with Crippen LogP contribution in [0, 0.1) is 0 Å². The fourth-order valence-corrected chi connectivity index (χ4v) is 3.57. The van der Waals surface area contributed by atoms with Crippen LogP contribution in [0.2, 0.25) is 0 Å². The third-order valence-electron chi connectivity index (χ3n) is 4.03. The van der Waals surface area contributed by atoms with Gasteiger partial charge in [-0.2, -0.15) is 0 Å². The fraction of sp³-hybridized carbons (Fsp3) is 0.167. The summed E-state index contributed by atoms with van der Waals surface area (Å²) in [6, 6.07) is 13.5. The summed E-state index contributed by atoms with van der Waals surface area (Å²) in [7, 11) is 1.63. The Morgan fingerprint density at radius 1 is 1.15 bits per heavy atom. The molecule has 0 fully saturated rings. The Hall–Kier alpha value is -3.33. The predicted octanol–water partition coefficient (Wildman–Crippen LogP) is 3.94. The number of hydrogen-bond donors (Lipinski definition) is 1. The summed E-state index contributed by atoms with van der Waals surface area (Å²) in [5, 5.41) is 11.8. The van der Waals surface area contributed by atoms with Gasteiger partial charge in [0.2, 0.25) is 6.10 Å². The van der Waals surface area contributed by atoms with Crippen LogP contribution in [-0.2, 0) is 0 Å². The van der Waals surface area contributed by atoms with Gasteiger partial charge in [0.15, 0.2) is 16.6 Å². The maximum Gasteiger partial charge on any atom is 0.322 e. The molecule has 9 heteroatoms. The molecule has 0 amide bonds. The van der Waals surface area contributed by atoms with Gasteiger partial charge in [-0.3, -0.25) is 5.32 Å². The molecule has 2 aromatic carbocycles. The van der Waals surface area contributed by atoms with E-state index in [-0.39, 0.29) is 6.01 Å². The van der Waals surface area contributed by atoms with Crippen molar-refractivity contribution in [1.29, 1.82) is 0 Å². The Balaban J connectivity index is 1.34. The fourth-order valence-electron chi connectivity index (χ4n) is 2.74. The van der Waals surface area contributed by atoms with Crippen molar-refractivity contribution in [3.63, 3.8) is 0 Å². The first-order chi connectivity index (χ1) is 13.3. The van der Waals surface area contributed by atoms with Gasteiger partial charge in [-0.05, 0) is 24.3 Å². The molecule has 4 aromatic rings. The number of rotatable bonds is 4. The first kappa shape index (κ1) is 15.9. The van der Waals surface area contributed by atoms with Gasteiger partial charge in [-0.15, -0.1) is 5.10 Å². The summed E-state index contributed by atoms with van der Waals surface area (Å²) in [4.78, 5) is 4.51. The van der Waals surface area contributed by atoms with Gasteiger partial charge in [-0.25, -0.2) is 4.98 Å². The molecular weight excluding hydrogens is 368 g/mol. The van der Waals surface area contributed by atoms with Gasteiger partial charge < -0.3 is 18.6 Å². The van der Waals surface area contributed by atoms with Crippen molar-refractivity contribution in [2.75, 3.05) is 19.0 Å². The summed E-state index contributed by atoms with van der Waals surface area (Å²) in [5.41, 5.74) is 0.835. The normalized spacial score (nSPS) is 15.7. The van der Waals surface area contributed by atoms with E-state index in [0.717, 1.165) is 16.0 Å². The number of nitrogens with one attached hydrogen (secondary N) is 1. The van der Waals surface area contributed by atoms with Crippen molar-refractivity contribution < 1.29 is 18.6 Å². The number of hydrogen-bond acceptors (Lipinski definition) is 9. The second kappa shape index (κ2) is 6.44. The van der Waals surface area contributed by atoms with Crippen molar-refractivity contribution in [3.05, 3.63) is 48.4 Å². The SMILES string of the molecule is COc1ccc2sc(Nc3nnc(C4COc5ccccc5O4)o3)nc2c1. The van der Waals surface area contributed by atoms with Crippen LogP contribution in [0.4, 0.5) is 11.1 Å². The average molecular weight is 382 g/mol. The Bertz CT molecular complexity index is 1110. The van der Waals surface area contributed by atoms with Crippen LogP contribution in [0.3, 0.4) is 0 Å². The highest BCUT2D eigenvalue weighted by atomic mass is 32.1. The third kappa shape index (κ3) is 3.02. The molecule has 5 rings (SSSR count). The van der Waals surface area contributed by atoms with Crippen LogP contribution in [0.1, 0.15) is 12.0 Å². The van der Waals surface area contributed by atoms with Gasteiger partial charge in [0.1, 0.15) is 12.4 Å². The minimum atomic E-state index is -0.456. The van der Waals surface area contributed by atoms with Crippen LogP contribution in [0.5, 0.6) is 17.2 Å². The van der Waals surface area contributed by atoms with Gasteiger partial charge in [0.05, 0.1) is 17.3 Å². The molecular formula is C18H14N4O4S. The van der Waals surface area contributed by atoms with E-state index >= 15 is 0 Å². The van der Waals surface area contributed by atoms with Crippen LogP contribution >= 0.6 is 11.3 Å². The highest BCUT2D eigenvalue weighted by Gasteiger charge is 2.27. The lowest BCUT2D eigenvalue weighted by molar-refractivity contribution is 0.0718. The van der Waals surface area contributed by atoms with Crippen LogP contribution in [-0.4, -0.2) is 28.9 Å². The minimum absolute atomic E-state index is 0.249. The van der Waals surface area contributed by atoms with E-state index in [4.69, 9.17) is 18.6 Å². The maximum absolute atomic E-state index is 5.88. The lowest BCUT2D eigenvalue weighted by atomic mass is 10.2. The zero-order valence-electron chi connectivity index (χ0n) is 14.2. The number of methoxy groups -OCH3 is 1. The smallest absolute Gasteiger partial charge is 0.322 e. The van der Waals surface area contributed by atoms with Crippen molar-refractivity contribution in [2.45, 2.75) is 6.10 Å². The van der Waals surface area contributed by atoms with E-state index in [2.05, 4.69) is 20.5 Å². The second-order valence-electron chi connectivity index (χ2n) is 5.79. The number of nitrogens with zero attached hydrogens (tertiary/aromatic N) is 3. The van der Waals surface area contributed by atoms with Gasteiger partial charge in [-0.1, -0.05) is 28.6 Å². The summed E-state index contributed by atoms with van der Waals surface area (Å²) in [6.07, 6.45) is -0.456. The number of anilines is 2. The summed E-state index contributed by atoms with van der Waals surface area (Å²) in [6.45, 7) is 0.305. The van der Waals surface area contributed by atoms with Gasteiger partial charge >= 0.3 is 6.01 Å². The Morgan fingerprint density at radius 2 is 2.04 bits per heavy atom. The van der Waals surface area contributed by atoms with Crippen LogP contribution < -0.4 is 19.5 Å². The van der Waals surface area contributed by atoms with Crippen molar-refractivity contribution in [2.24, 2.45) is 0 Å². The summed E-state index contributed by atoms with van der Waals surface area (Å²) in [5.74, 6) is 2.46. The Morgan fingerprint density at radius 3 is 2.93 bits per heavy atom. The Kier molecular flexibility index (Phi) is 3.79.